The molecule has 1 saturated heterocycles. The van der Waals surface area contributed by atoms with Gasteiger partial charge in [0.05, 0.1) is 5.92 Å². The summed E-state index contributed by atoms with van der Waals surface area (Å²) >= 11 is 0. The summed E-state index contributed by atoms with van der Waals surface area (Å²) in [6, 6.07) is 0. The number of nitrogens with zero attached hydrogens (tertiary/aromatic N) is 1. The molecule has 0 aromatic carbocycles. The summed E-state index contributed by atoms with van der Waals surface area (Å²) < 4.78 is 37.9. The Morgan fingerprint density at radius 3 is 2.33 bits per heavy atom. The second-order valence-corrected chi connectivity index (χ2v) is 4.69. The smallest absolute Gasteiger partial charge is 0.369 e. The number of hydrogen-bond donors (Lipinski definition) is 2. The molecular formula is C10H16F3N3O2. The Labute approximate surface area is 102 Å². The van der Waals surface area contributed by atoms with E-state index >= 15 is 0 Å². The first-order chi connectivity index (χ1) is 8.07. The number of primary amides is 1. The molecule has 104 valence electrons. The van der Waals surface area contributed by atoms with Gasteiger partial charge >= 0.3 is 6.18 Å². The van der Waals surface area contributed by atoms with Crippen molar-refractivity contribution in [2.75, 3.05) is 13.1 Å². The molecule has 2 amide bonds. The van der Waals surface area contributed by atoms with Crippen LogP contribution >= 0.6 is 0 Å². The summed E-state index contributed by atoms with van der Waals surface area (Å²) in [4.78, 5) is 23.7. The van der Waals surface area contributed by atoms with E-state index in [1.807, 2.05) is 0 Å². The number of nitrogens with two attached hydrogens (primary N) is 2. The van der Waals surface area contributed by atoms with Crippen molar-refractivity contribution in [3.8, 4) is 0 Å². The highest BCUT2D eigenvalue weighted by atomic mass is 19.4. The van der Waals surface area contributed by atoms with Crippen LogP contribution in [0.25, 0.3) is 0 Å². The Morgan fingerprint density at radius 2 is 1.89 bits per heavy atom. The van der Waals surface area contributed by atoms with Gasteiger partial charge in [-0.25, -0.2) is 0 Å². The van der Waals surface area contributed by atoms with Crippen LogP contribution in [0.5, 0.6) is 0 Å². The summed E-state index contributed by atoms with van der Waals surface area (Å²) in [7, 11) is 0. The Balaban J connectivity index is 2.82. The number of likely N-dealkylation sites (tertiary alicyclic amines) is 1. The molecule has 2 atom stereocenters. The van der Waals surface area contributed by atoms with Crippen molar-refractivity contribution in [3.63, 3.8) is 0 Å². The second-order valence-electron chi connectivity index (χ2n) is 4.69. The zero-order valence-corrected chi connectivity index (χ0v) is 9.96. The van der Waals surface area contributed by atoms with Gasteiger partial charge in [-0.05, 0) is 19.8 Å². The summed E-state index contributed by atoms with van der Waals surface area (Å²) in [5.74, 6) is -2.44. The average molecular weight is 267 g/mol. The van der Waals surface area contributed by atoms with Crippen molar-refractivity contribution < 1.29 is 22.8 Å². The predicted octanol–water partition coefficient (Wildman–Crippen LogP) is -0.0100. The van der Waals surface area contributed by atoms with Gasteiger partial charge in [-0.2, -0.15) is 13.2 Å². The maximum atomic E-state index is 12.6. The van der Waals surface area contributed by atoms with E-state index in [0.29, 0.717) is 19.8 Å². The molecule has 0 aromatic rings. The molecule has 0 aliphatic carbocycles. The normalized spacial score (nSPS) is 24.5. The molecule has 1 fully saturated rings. The van der Waals surface area contributed by atoms with Gasteiger partial charge in [0.25, 0.3) is 5.91 Å². The highest BCUT2D eigenvalue weighted by Gasteiger charge is 2.55. The van der Waals surface area contributed by atoms with E-state index in [4.69, 9.17) is 11.5 Å². The quantitative estimate of drug-likeness (QED) is 0.737. The fraction of sp³-hybridized carbons (Fsp3) is 0.800. The summed E-state index contributed by atoms with van der Waals surface area (Å²) in [5.41, 5.74) is 7.21. The summed E-state index contributed by atoms with van der Waals surface area (Å²) in [6.07, 6.45) is -3.91. The molecule has 0 bridgehead atoms. The monoisotopic (exact) mass is 267 g/mol. The van der Waals surface area contributed by atoms with Crippen LogP contribution < -0.4 is 11.5 Å². The third-order valence-corrected chi connectivity index (χ3v) is 3.14. The molecular weight excluding hydrogens is 251 g/mol. The molecule has 18 heavy (non-hydrogen) atoms. The van der Waals surface area contributed by atoms with Crippen LogP contribution in [0.2, 0.25) is 0 Å². The van der Waals surface area contributed by atoms with Crippen LogP contribution in [0.15, 0.2) is 0 Å². The number of hydrogen-bond acceptors (Lipinski definition) is 3. The summed E-state index contributed by atoms with van der Waals surface area (Å²) in [5, 5.41) is 0. The second kappa shape index (κ2) is 4.75. The van der Waals surface area contributed by atoms with E-state index in [-0.39, 0.29) is 13.1 Å². The first-order valence-corrected chi connectivity index (χ1v) is 5.51. The van der Waals surface area contributed by atoms with Gasteiger partial charge in [0.15, 0.2) is 5.54 Å². The molecule has 1 heterocycles. The topological polar surface area (TPSA) is 89.4 Å². The standard InChI is InChI=1S/C10H16F3N3O2/c1-9(15,10(11,12)13)8(18)16-4-2-3-6(5-16)7(14)17/h6H,2-5,15H2,1H3,(H2,14,17). The first-order valence-electron chi connectivity index (χ1n) is 5.51. The van der Waals surface area contributed by atoms with Gasteiger partial charge in [0, 0.05) is 13.1 Å². The number of carbonyl (C=O) groups is 2. The lowest BCUT2D eigenvalue weighted by atomic mass is 9.94. The van der Waals surface area contributed by atoms with E-state index in [2.05, 4.69) is 0 Å². The van der Waals surface area contributed by atoms with E-state index in [1.165, 1.54) is 0 Å². The minimum atomic E-state index is -4.83. The number of alkyl halides is 3. The van der Waals surface area contributed by atoms with Gasteiger partial charge in [0.2, 0.25) is 5.91 Å². The Morgan fingerprint density at radius 1 is 1.33 bits per heavy atom. The van der Waals surface area contributed by atoms with Gasteiger partial charge in [0.1, 0.15) is 0 Å². The maximum Gasteiger partial charge on any atom is 0.415 e. The number of carbonyl (C=O) groups excluding carboxylic acids is 2. The molecule has 0 spiro atoms. The molecule has 1 rings (SSSR count). The van der Waals surface area contributed by atoms with Crippen molar-refractivity contribution in [1.82, 2.24) is 4.90 Å². The minimum absolute atomic E-state index is 0.100. The molecule has 0 radical (unpaired) electrons. The van der Waals surface area contributed by atoms with E-state index in [9.17, 15) is 22.8 Å². The van der Waals surface area contributed by atoms with E-state index in [1.54, 1.807) is 0 Å². The zero-order chi connectivity index (χ0) is 14.1. The van der Waals surface area contributed by atoms with Crippen LogP contribution in [0.4, 0.5) is 13.2 Å². The highest BCUT2D eigenvalue weighted by molar-refractivity contribution is 5.87. The Bertz CT molecular complexity index is 355. The summed E-state index contributed by atoms with van der Waals surface area (Å²) in [6.45, 7) is 0.686. The van der Waals surface area contributed by atoms with Crippen LogP contribution in [0, 0.1) is 5.92 Å². The van der Waals surface area contributed by atoms with Gasteiger partial charge < -0.3 is 16.4 Å². The van der Waals surface area contributed by atoms with Crippen molar-refractivity contribution in [1.29, 1.82) is 0 Å². The molecule has 5 nitrogen and oxygen atoms in total. The maximum absolute atomic E-state index is 12.6. The van der Waals surface area contributed by atoms with Crippen LogP contribution in [-0.4, -0.2) is 41.5 Å². The average Bonchev–Trinajstić information content (AvgIpc) is 2.26. The Kier molecular flexibility index (Phi) is 3.89. The van der Waals surface area contributed by atoms with Crippen molar-refractivity contribution in [3.05, 3.63) is 0 Å². The third kappa shape index (κ3) is 2.74. The zero-order valence-electron chi connectivity index (χ0n) is 9.96. The van der Waals surface area contributed by atoms with Crippen LogP contribution in [0.1, 0.15) is 19.8 Å². The van der Waals surface area contributed by atoms with Crippen LogP contribution in [0.3, 0.4) is 0 Å². The van der Waals surface area contributed by atoms with Gasteiger partial charge in [-0.15, -0.1) is 0 Å². The lowest BCUT2D eigenvalue weighted by molar-refractivity contribution is -0.194. The SMILES string of the molecule is CC(N)(C(=O)N1CCCC(C(N)=O)C1)C(F)(F)F. The lowest BCUT2D eigenvalue weighted by Gasteiger charge is -2.37. The fourth-order valence-electron chi connectivity index (χ4n) is 1.84. The van der Waals surface area contributed by atoms with Crippen molar-refractivity contribution in [2.24, 2.45) is 17.4 Å². The molecule has 1 aliphatic heterocycles. The van der Waals surface area contributed by atoms with E-state index < -0.39 is 29.4 Å². The number of halogens is 3. The van der Waals surface area contributed by atoms with Crippen molar-refractivity contribution in [2.45, 2.75) is 31.5 Å². The molecule has 1 aliphatic rings. The molecule has 2 unspecified atom stereocenters. The molecule has 4 N–H and O–H groups in total. The number of rotatable bonds is 2. The van der Waals surface area contributed by atoms with E-state index in [0.717, 1.165) is 4.90 Å². The largest absolute Gasteiger partial charge is 0.415 e. The minimum Gasteiger partial charge on any atom is -0.369 e. The van der Waals surface area contributed by atoms with Gasteiger partial charge in [-0.3, -0.25) is 9.59 Å². The lowest BCUT2D eigenvalue weighted by Crippen LogP contribution is -2.63. The highest BCUT2D eigenvalue weighted by Crippen LogP contribution is 2.30. The first kappa shape index (κ1) is 14.7. The predicted molar refractivity (Wildman–Crippen MR) is 57.1 cm³/mol. The number of piperidine rings is 1. The van der Waals surface area contributed by atoms with Crippen LogP contribution in [-0.2, 0) is 9.59 Å². The molecule has 8 heteroatoms. The molecule has 0 aromatic heterocycles. The Hall–Kier alpha value is -1.31. The third-order valence-electron chi connectivity index (χ3n) is 3.14. The van der Waals surface area contributed by atoms with Gasteiger partial charge in [-0.1, -0.05) is 0 Å². The number of amides is 2. The fourth-order valence-corrected chi connectivity index (χ4v) is 1.84. The van der Waals surface area contributed by atoms with Crippen molar-refractivity contribution >= 4 is 11.8 Å². The molecule has 0 saturated carbocycles.